The number of hydrogen-bond donors (Lipinski definition) is 0. The molecule has 0 aromatic heterocycles. The van der Waals surface area contributed by atoms with Crippen LogP contribution in [0.4, 0.5) is 5.69 Å². The maximum Gasteiger partial charge on any atom is 0.259 e. The zero-order valence-electron chi connectivity index (χ0n) is 19.0. The fourth-order valence-electron chi connectivity index (χ4n) is 6.33. The van der Waals surface area contributed by atoms with Gasteiger partial charge >= 0.3 is 0 Å². The second-order valence-electron chi connectivity index (χ2n) is 9.80. The van der Waals surface area contributed by atoms with Crippen LogP contribution >= 0.6 is 11.6 Å². The first-order valence-electron chi connectivity index (χ1n) is 11.6. The fraction of sp³-hybridized carbons (Fsp3) is 0.370. The van der Waals surface area contributed by atoms with Crippen molar-refractivity contribution in [3.05, 3.63) is 70.8 Å². The van der Waals surface area contributed by atoms with E-state index in [2.05, 4.69) is 12.2 Å². The Morgan fingerprint density at radius 1 is 1.06 bits per heavy atom. The van der Waals surface area contributed by atoms with E-state index in [4.69, 9.17) is 16.3 Å². The molecule has 1 saturated heterocycles. The number of carbonyl (C=O) groups is 3. The minimum Gasteiger partial charge on any atom is -0.497 e. The van der Waals surface area contributed by atoms with Crippen LogP contribution in [0.1, 0.15) is 22.3 Å². The summed E-state index contributed by atoms with van der Waals surface area (Å²) in [6, 6.07) is 12.1. The number of imide groups is 1. The highest BCUT2D eigenvalue weighted by molar-refractivity contribution is 6.31. The maximum absolute atomic E-state index is 13.8. The summed E-state index contributed by atoms with van der Waals surface area (Å²) in [7, 11) is 1.54. The molecule has 4 aliphatic carbocycles. The van der Waals surface area contributed by atoms with Crippen molar-refractivity contribution >= 4 is 35.0 Å². The molecule has 7 heteroatoms. The lowest BCUT2D eigenvalue weighted by atomic mass is 9.63. The van der Waals surface area contributed by atoms with Gasteiger partial charge in [0.1, 0.15) is 12.4 Å². The summed E-state index contributed by atoms with van der Waals surface area (Å²) < 4.78 is 5.29. The number of amides is 3. The topological polar surface area (TPSA) is 66.9 Å². The second kappa shape index (κ2) is 7.70. The van der Waals surface area contributed by atoms with Crippen molar-refractivity contribution in [2.45, 2.75) is 13.3 Å². The van der Waals surface area contributed by atoms with E-state index in [1.54, 1.807) is 43.5 Å². The number of halogens is 1. The van der Waals surface area contributed by atoms with E-state index in [9.17, 15) is 14.4 Å². The van der Waals surface area contributed by atoms with Gasteiger partial charge in [-0.1, -0.05) is 35.9 Å². The lowest BCUT2D eigenvalue weighted by molar-refractivity contribution is -0.140. The average Bonchev–Trinajstić information content (AvgIpc) is 3.64. The van der Waals surface area contributed by atoms with Crippen molar-refractivity contribution in [3.63, 3.8) is 0 Å². The predicted octanol–water partition coefficient (Wildman–Crippen LogP) is 4.31. The van der Waals surface area contributed by atoms with E-state index in [1.807, 2.05) is 13.0 Å². The Bertz CT molecular complexity index is 1220. The molecule has 6 unspecified atom stereocenters. The van der Waals surface area contributed by atoms with Crippen molar-refractivity contribution in [1.29, 1.82) is 0 Å². The van der Waals surface area contributed by atoms with Crippen LogP contribution in [0.15, 0.2) is 54.6 Å². The van der Waals surface area contributed by atoms with Crippen LogP contribution in [0.3, 0.4) is 0 Å². The summed E-state index contributed by atoms with van der Waals surface area (Å²) in [4.78, 5) is 43.7. The van der Waals surface area contributed by atoms with Crippen LogP contribution in [0.2, 0.25) is 5.02 Å². The molecule has 6 nitrogen and oxygen atoms in total. The van der Waals surface area contributed by atoms with Gasteiger partial charge in [-0.15, -0.1) is 0 Å². The number of likely N-dealkylation sites (tertiary alicyclic amines) is 1. The Hall–Kier alpha value is -3.12. The minimum absolute atomic E-state index is 0.136. The number of anilines is 1. The normalized spacial score (nSPS) is 30.3. The standard InChI is InChI=1S/C27H25ClN2O4/c1-14-6-7-16(28)11-22(14)29(25(31)15-4-3-5-17(10-15)34-2)13-30-26(32)23-18-8-9-19(21-12-20(18)21)24(23)27(30)33/h3-11,18-21,23-24H,12-13H2,1-2H3. The number of hydrogen-bond acceptors (Lipinski definition) is 4. The summed E-state index contributed by atoms with van der Waals surface area (Å²) in [5.41, 5.74) is 1.79. The largest absolute Gasteiger partial charge is 0.497 e. The minimum atomic E-state index is -0.330. The van der Waals surface area contributed by atoms with Crippen molar-refractivity contribution in [1.82, 2.24) is 4.90 Å². The van der Waals surface area contributed by atoms with Gasteiger partial charge in [-0.2, -0.15) is 0 Å². The second-order valence-corrected chi connectivity index (χ2v) is 10.2. The van der Waals surface area contributed by atoms with Gasteiger partial charge in [0.25, 0.3) is 5.91 Å². The van der Waals surface area contributed by atoms with E-state index < -0.39 is 0 Å². The van der Waals surface area contributed by atoms with E-state index in [-0.39, 0.29) is 48.1 Å². The molecule has 6 atom stereocenters. The molecule has 3 amide bonds. The number of aryl methyl sites for hydroxylation is 1. The van der Waals surface area contributed by atoms with Gasteiger partial charge in [0.15, 0.2) is 0 Å². The van der Waals surface area contributed by atoms with Crippen LogP contribution in [-0.2, 0) is 9.59 Å². The quantitative estimate of drug-likeness (QED) is 0.476. The smallest absolute Gasteiger partial charge is 0.259 e. The van der Waals surface area contributed by atoms with Crippen molar-refractivity contribution in [3.8, 4) is 5.75 Å². The highest BCUT2D eigenvalue weighted by Gasteiger charge is 2.67. The molecule has 174 valence electrons. The third-order valence-corrected chi connectivity index (χ3v) is 8.30. The van der Waals surface area contributed by atoms with Crippen molar-refractivity contribution in [2.24, 2.45) is 35.5 Å². The summed E-state index contributed by atoms with van der Waals surface area (Å²) in [6.07, 6.45) is 5.40. The van der Waals surface area contributed by atoms with Crippen LogP contribution in [0.25, 0.3) is 0 Å². The van der Waals surface area contributed by atoms with Crippen LogP contribution in [0, 0.1) is 42.4 Å². The Morgan fingerprint density at radius 3 is 2.38 bits per heavy atom. The first-order valence-corrected chi connectivity index (χ1v) is 12.0. The average molecular weight is 477 g/mol. The van der Waals surface area contributed by atoms with Crippen molar-refractivity contribution in [2.75, 3.05) is 18.7 Å². The monoisotopic (exact) mass is 476 g/mol. The maximum atomic E-state index is 13.8. The summed E-state index contributed by atoms with van der Waals surface area (Å²) >= 11 is 6.29. The zero-order valence-corrected chi connectivity index (χ0v) is 19.7. The molecule has 1 aliphatic heterocycles. The van der Waals surface area contributed by atoms with E-state index in [1.165, 1.54) is 9.80 Å². The van der Waals surface area contributed by atoms with Crippen molar-refractivity contribution < 1.29 is 19.1 Å². The number of nitrogens with zero attached hydrogens (tertiary/aromatic N) is 2. The summed E-state index contributed by atoms with van der Waals surface area (Å²) in [5, 5.41) is 0.471. The number of benzene rings is 2. The molecule has 2 bridgehead atoms. The van der Waals surface area contributed by atoms with Gasteiger partial charge in [0, 0.05) is 10.6 Å². The van der Waals surface area contributed by atoms with E-state index >= 15 is 0 Å². The lowest BCUT2D eigenvalue weighted by Crippen LogP contribution is -2.45. The highest BCUT2D eigenvalue weighted by Crippen LogP contribution is 2.65. The molecule has 2 saturated carbocycles. The first-order chi connectivity index (χ1) is 16.4. The molecule has 7 rings (SSSR count). The van der Waals surface area contributed by atoms with Gasteiger partial charge in [0.2, 0.25) is 11.8 Å². The molecule has 0 N–H and O–H groups in total. The molecular formula is C27H25ClN2O4. The molecular weight excluding hydrogens is 452 g/mol. The number of carbonyl (C=O) groups excluding carboxylic acids is 3. The van der Waals surface area contributed by atoms with Gasteiger partial charge in [-0.3, -0.25) is 24.2 Å². The van der Waals surface area contributed by atoms with Crippen LogP contribution in [-0.4, -0.2) is 36.4 Å². The molecule has 2 aromatic rings. The summed E-state index contributed by atoms with van der Waals surface area (Å²) in [6.45, 7) is 1.74. The van der Waals surface area contributed by atoms with Gasteiger partial charge < -0.3 is 4.74 Å². The van der Waals surface area contributed by atoms with E-state index in [0.717, 1.165) is 12.0 Å². The number of rotatable bonds is 5. The Kier molecular flexibility index (Phi) is 4.85. The lowest BCUT2D eigenvalue weighted by Gasteiger charge is -2.37. The number of methoxy groups -OCH3 is 1. The molecule has 5 aliphatic rings. The fourth-order valence-corrected chi connectivity index (χ4v) is 6.50. The van der Waals surface area contributed by atoms with E-state index in [0.29, 0.717) is 33.9 Å². The molecule has 3 fully saturated rings. The number of ether oxygens (including phenoxy) is 1. The SMILES string of the molecule is COc1cccc(C(=O)N(CN2C(=O)C3C4C=CC(C5CC45)C3C2=O)c2cc(Cl)ccc2C)c1. The highest BCUT2D eigenvalue weighted by atomic mass is 35.5. The van der Waals surface area contributed by atoms with Gasteiger partial charge in [0.05, 0.1) is 24.6 Å². The molecule has 2 aromatic carbocycles. The third-order valence-electron chi connectivity index (χ3n) is 8.06. The van der Waals surface area contributed by atoms with Gasteiger partial charge in [-0.25, -0.2) is 0 Å². The van der Waals surface area contributed by atoms with Crippen LogP contribution in [0.5, 0.6) is 5.75 Å². The zero-order chi connectivity index (χ0) is 23.7. The first kappa shape index (κ1) is 21.4. The number of allylic oxidation sites excluding steroid dienone is 2. The predicted molar refractivity (Wildman–Crippen MR) is 127 cm³/mol. The summed E-state index contributed by atoms with van der Waals surface area (Å²) in [5.74, 6) is 0.606. The molecule has 0 radical (unpaired) electrons. The Morgan fingerprint density at radius 2 is 1.74 bits per heavy atom. The third kappa shape index (κ3) is 3.12. The van der Waals surface area contributed by atoms with Crippen LogP contribution < -0.4 is 9.64 Å². The molecule has 0 spiro atoms. The molecule has 1 heterocycles. The Labute approximate surface area is 203 Å². The molecule has 34 heavy (non-hydrogen) atoms. The Balaban J connectivity index is 1.37. The van der Waals surface area contributed by atoms with Gasteiger partial charge in [-0.05, 0) is 72.9 Å².